The molecule has 6 nitrogen and oxygen atoms in total. The Bertz CT molecular complexity index is 795. The summed E-state index contributed by atoms with van der Waals surface area (Å²) < 4.78 is 13.4. The van der Waals surface area contributed by atoms with Gasteiger partial charge in [0.2, 0.25) is 0 Å². The topological polar surface area (TPSA) is 51.6 Å². The van der Waals surface area contributed by atoms with Crippen LogP contribution in [-0.2, 0) is 12.8 Å². The second-order valence-corrected chi connectivity index (χ2v) is 7.34. The second-order valence-electron chi connectivity index (χ2n) is 7.34. The fourth-order valence-electron chi connectivity index (χ4n) is 4.24. The third kappa shape index (κ3) is 2.92. The predicted octanol–water partition coefficient (Wildman–Crippen LogP) is 2.64. The van der Waals surface area contributed by atoms with Crippen molar-refractivity contribution < 1.29 is 9.47 Å². The SMILES string of the molecule is c1cc2c(cc1-n1nc(CCN3CCCCC3)c3c1NCC3)OCCO2. The maximum Gasteiger partial charge on any atom is 0.163 e. The van der Waals surface area contributed by atoms with Crippen molar-refractivity contribution in [3.8, 4) is 17.2 Å². The Morgan fingerprint density at radius 3 is 2.77 bits per heavy atom. The van der Waals surface area contributed by atoms with Gasteiger partial charge in [0, 0.05) is 31.1 Å². The van der Waals surface area contributed by atoms with E-state index < -0.39 is 0 Å². The average molecular weight is 354 g/mol. The molecule has 3 aliphatic heterocycles. The molecule has 26 heavy (non-hydrogen) atoms. The van der Waals surface area contributed by atoms with Crippen LogP contribution in [0, 0.1) is 0 Å². The maximum atomic E-state index is 5.75. The van der Waals surface area contributed by atoms with Crippen molar-refractivity contribution in [3.63, 3.8) is 0 Å². The Balaban J connectivity index is 1.41. The molecule has 1 aromatic heterocycles. The molecular formula is C20H26N4O2. The summed E-state index contributed by atoms with van der Waals surface area (Å²) in [6.45, 7) is 5.81. The predicted molar refractivity (Wildman–Crippen MR) is 101 cm³/mol. The number of anilines is 1. The summed E-state index contributed by atoms with van der Waals surface area (Å²) in [5, 5.41) is 8.49. The third-order valence-corrected chi connectivity index (χ3v) is 5.62. The fraction of sp³-hybridized carbons (Fsp3) is 0.550. The number of aromatic nitrogens is 2. The minimum Gasteiger partial charge on any atom is -0.486 e. The molecule has 1 saturated heterocycles. The molecule has 0 spiro atoms. The Kier molecular flexibility index (Phi) is 4.21. The molecule has 5 rings (SSSR count). The highest BCUT2D eigenvalue weighted by molar-refractivity contribution is 5.59. The Hall–Kier alpha value is -2.21. The number of hydrogen-bond acceptors (Lipinski definition) is 5. The second kappa shape index (κ2) is 6.83. The summed E-state index contributed by atoms with van der Waals surface area (Å²) in [5.74, 6) is 2.78. The van der Waals surface area contributed by atoms with Gasteiger partial charge in [-0.25, -0.2) is 4.68 Å². The minimum atomic E-state index is 0.604. The average Bonchev–Trinajstić information content (AvgIpc) is 3.30. The van der Waals surface area contributed by atoms with E-state index in [1.807, 2.05) is 16.8 Å². The first-order valence-corrected chi connectivity index (χ1v) is 9.85. The van der Waals surface area contributed by atoms with Crippen LogP contribution in [0.3, 0.4) is 0 Å². The van der Waals surface area contributed by atoms with Gasteiger partial charge in [0.25, 0.3) is 0 Å². The van der Waals surface area contributed by atoms with E-state index in [0.29, 0.717) is 13.2 Å². The number of rotatable bonds is 4. The van der Waals surface area contributed by atoms with Gasteiger partial charge < -0.3 is 19.7 Å². The van der Waals surface area contributed by atoms with Gasteiger partial charge >= 0.3 is 0 Å². The summed E-state index contributed by atoms with van der Waals surface area (Å²) >= 11 is 0. The molecule has 4 heterocycles. The number of hydrogen-bond donors (Lipinski definition) is 1. The van der Waals surface area contributed by atoms with Crippen LogP contribution >= 0.6 is 0 Å². The van der Waals surface area contributed by atoms with Crippen molar-refractivity contribution >= 4 is 5.82 Å². The number of nitrogens with zero attached hydrogens (tertiary/aromatic N) is 3. The van der Waals surface area contributed by atoms with Gasteiger partial charge in [-0.1, -0.05) is 6.42 Å². The molecule has 1 aromatic carbocycles. The van der Waals surface area contributed by atoms with Crippen LogP contribution in [0.15, 0.2) is 18.2 Å². The first-order valence-electron chi connectivity index (χ1n) is 9.85. The van der Waals surface area contributed by atoms with Crippen molar-refractivity contribution in [2.24, 2.45) is 0 Å². The number of likely N-dealkylation sites (tertiary alicyclic amines) is 1. The van der Waals surface area contributed by atoms with E-state index in [4.69, 9.17) is 14.6 Å². The van der Waals surface area contributed by atoms with E-state index in [1.165, 1.54) is 43.6 Å². The molecule has 0 saturated carbocycles. The Labute approximate surface area is 154 Å². The van der Waals surface area contributed by atoms with Crippen LogP contribution in [0.2, 0.25) is 0 Å². The molecule has 138 valence electrons. The van der Waals surface area contributed by atoms with E-state index in [-0.39, 0.29) is 0 Å². The smallest absolute Gasteiger partial charge is 0.163 e. The van der Waals surface area contributed by atoms with E-state index in [2.05, 4.69) is 16.3 Å². The summed E-state index contributed by atoms with van der Waals surface area (Å²) in [4.78, 5) is 2.58. The lowest BCUT2D eigenvalue weighted by atomic mass is 10.1. The summed E-state index contributed by atoms with van der Waals surface area (Å²) in [6.07, 6.45) is 6.15. The van der Waals surface area contributed by atoms with Crippen LogP contribution in [0.1, 0.15) is 30.5 Å². The van der Waals surface area contributed by atoms with Crippen LogP contribution in [-0.4, -0.2) is 54.1 Å². The van der Waals surface area contributed by atoms with Crippen molar-refractivity contribution in [2.45, 2.75) is 32.1 Å². The molecule has 0 radical (unpaired) electrons. The Morgan fingerprint density at radius 1 is 1.04 bits per heavy atom. The first-order chi connectivity index (χ1) is 12.9. The van der Waals surface area contributed by atoms with Crippen molar-refractivity contribution in [1.82, 2.24) is 14.7 Å². The molecule has 0 atom stereocenters. The van der Waals surface area contributed by atoms with Gasteiger partial charge in [-0.15, -0.1) is 0 Å². The number of piperidine rings is 1. The molecule has 1 N–H and O–H groups in total. The van der Waals surface area contributed by atoms with Crippen molar-refractivity contribution in [1.29, 1.82) is 0 Å². The molecule has 6 heteroatoms. The molecule has 1 fully saturated rings. The standard InChI is InChI=1S/C20H26N4O2/c1-2-9-23(10-3-1)11-7-17-16-6-8-21-20(16)24(22-17)15-4-5-18-19(14-15)26-13-12-25-18/h4-5,14,21H,1-3,6-13H2. The fourth-order valence-corrected chi connectivity index (χ4v) is 4.24. The van der Waals surface area contributed by atoms with E-state index in [9.17, 15) is 0 Å². The monoisotopic (exact) mass is 354 g/mol. The highest BCUT2D eigenvalue weighted by Gasteiger charge is 2.24. The van der Waals surface area contributed by atoms with Gasteiger partial charge in [-0.3, -0.25) is 0 Å². The van der Waals surface area contributed by atoms with E-state index in [1.54, 1.807) is 0 Å². The lowest BCUT2D eigenvalue weighted by Gasteiger charge is -2.26. The quantitative estimate of drug-likeness (QED) is 0.915. The lowest BCUT2D eigenvalue weighted by molar-refractivity contribution is 0.171. The largest absolute Gasteiger partial charge is 0.486 e. The van der Waals surface area contributed by atoms with Gasteiger partial charge in [0.05, 0.1) is 11.4 Å². The molecule has 0 amide bonds. The highest BCUT2D eigenvalue weighted by Crippen LogP contribution is 2.35. The van der Waals surface area contributed by atoms with E-state index >= 15 is 0 Å². The van der Waals surface area contributed by atoms with Gasteiger partial charge in [-0.2, -0.15) is 5.10 Å². The molecule has 2 aromatic rings. The number of benzene rings is 1. The summed E-state index contributed by atoms with van der Waals surface area (Å²) in [5.41, 5.74) is 3.66. The third-order valence-electron chi connectivity index (χ3n) is 5.62. The van der Waals surface area contributed by atoms with Crippen LogP contribution in [0.5, 0.6) is 11.5 Å². The zero-order valence-corrected chi connectivity index (χ0v) is 15.2. The summed E-state index contributed by atoms with van der Waals surface area (Å²) in [7, 11) is 0. The lowest BCUT2D eigenvalue weighted by Crippen LogP contribution is -2.31. The van der Waals surface area contributed by atoms with Gasteiger partial charge in [0.1, 0.15) is 19.0 Å². The highest BCUT2D eigenvalue weighted by atomic mass is 16.6. The van der Waals surface area contributed by atoms with Gasteiger partial charge in [0.15, 0.2) is 11.5 Å². The Morgan fingerprint density at radius 2 is 1.88 bits per heavy atom. The molecule has 0 aliphatic carbocycles. The molecule has 3 aliphatic rings. The van der Waals surface area contributed by atoms with Crippen LogP contribution in [0.4, 0.5) is 5.82 Å². The number of fused-ring (bicyclic) bond motifs is 2. The minimum absolute atomic E-state index is 0.604. The number of ether oxygens (including phenoxy) is 2. The van der Waals surface area contributed by atoms with Crippen molar-refractivity contribution in [3.05, 3.63) is 29.5 Å². The molecule has 0 bridgehead atoms. The molecular weight excluding hydrogens is 328 g/mol. The van der Waals surface area contributed by atoms with Crippen LogP contribution < -0.4 is 14.8 Å². The molecule has 0 unspecified atom stereocenters. The summed E-state index contributed by atoms with van der Waals surface area (Å²) in [6, 6.07) is 6.09. The van der Waals surface area contributed by atoms with Crippen molar-refractivity contribution in [2.75, 3.05) is 44.7 Å². The van der Waals surface area contributed by atoms with Crippen LogP contribution in [0.25, 0.3) is 5.69 Å². The maximum absolute atomic E-state index is 5.75. The first kappa shape index (κ1) is 16.0. The van der Waals surface area contributed by atoms with E-state index in [0.717, 1.165) is 48.9 Å². The zero-order valence-electron chi connectivity index (χ0n) is 15.2. The van der Waals surface area contributed by atoms with Gasteiger partial charge in [-0.05, 0) is 44.5 Å². The number of nitrogens with one attached hydrogen (secondary N) is 1. The zero-order chi connectivity index (χ0) is 17.3. The normalized spacial score (nSPS) is 19.2.